The first kappa shape index (κ1) is 5.41. The molecule has 1 heterocycles. The van der Waals surface area contributed by atoms with Gasteiger partial charge >= 0.3 is 0 Å². The van der Waals surface area contributed by atoms with E-state index in [9.17, 15) is 0 Å². The minimum Gasteiger partial charge on any atom is -0.387 e. The second-order valence-corrected chi connectivity index (χ2v) is 2.43. The molecule has 1 aliphatic heterocycles. The molecule has 0 saturated carbocycles. The summed E-state index contributed by atoms with van der Waals surface area (Å²) in [6.45, 7) is 0. The predicted molar refractivity (Wildman–Crippen MR) is 29.8 cm³/mol. The average molecular weight is 128 g/mol. The highest BCUT2D eigenvalue weighted by Crippen LogP contribution is 2.31. The van der Waals surface area contributed by atoms with Gasteiger partial charge in [-0.25, -0.2) is 0 Å². The van der Waals surface area contributed by atoms with E-state index in [1.807, 2.05) is 0 Å². The third-order valence-corrected chi connectivity index (χ3v) is 1.75. The van der Waals surface area contributed by atoms with Crippen LogP contribution >= 0.6 is 0 Å². The third kappa shape index (κ3) is 0.694. The highest BCUT2D eigenvalue weighted by atomic mass is 16.6. The molecule has 0 bridgehead atoms. The van der Waals surface area contributed by atoms with Crippen LogP contribution in [0.4, 0.5) is 0 Å². The smallest absolute Gasteiger partial charge is 0.117 e. The summed E-state index contributed by atoms with van der Waals surface area (Å²) in [5, 5.41) is 18.0. The fraction of sp³-hybridized carbons (Fsp3) is 0.667. The number of hydrogen-bond donors (Lipinski definition) is 2. The van der Waals surface area contributed by atoms with Gasteiger partial charge in [0, 0.05) is 0 Å². The molecule has 50 valence electrons. The summed E-state index contributed by atoms with van der Waals surface area (Å²) in [4.78, 5) is 0. The number of rotatable bonds is 0. The van der Waals surface area contributed by atoms with Crippen LogP contribution in [0, 0.1) is 0 Å². The van der Waals surface area contributed by atoms with Gasteiger partial charge in [-0.3, -0.25) is 0 Å². The lowest BCUT2D eigenvalue weighted by molar-refractivity contribution is 0.0288. The number of epoxide rings is 1. The number of ether oxygens (including phenoxy) is 1. The third-order valence-electron chi connectivity index (χ3n) is 1.75. The van der Waals surface area contributed by atoms with E-state index >= 15 is 0 Å². The zero-order valence-corrected chi connectivity index (χ0v) is 4.77. The van der Waals surface area contributed by atoms with Crippen molar-refractivity contribution < 1.29 is 14.9 Å². The molecule has 1 saturated heterocycles. The minimum absolute atomic E-state index is 0.0726. The van der Waals surface area contributed by atoms with Crippen LogP contribution < -0.4 is 0 Å². The van der Waals surface area contributed by atoms with Crippen molar-refractivity contribution in [2.75, 3.05) is 0 Å². The molecule has 1 aliphatic carbocycles. The molecule has 0 aromatic rings. The molecule has 0 aromatic heterocycles. The fourth-order valence-corrected chi connectivity index (χ4v) is 1.10. The Morgan fingerprint density at radius 1 is 1.22 bits per heavy atom. The molecule has 2 unspecified atom stereocenters. The molecule has 9 heavy (non-hydrogen) atoms. The summed E-state index contributed by atoms with van der Waals surface area (Å²) in [6, 6.07) is 0. The SMILES string of the molecule is O[C@@H]1C=CC2OC2[C@@H]1O. The summed E-state index contributed by atoms with van der Waals surface area (Å²) in [5.41, 5.74) is 0. The second kappa shape index (κ2) is 1.56. The predicted octanol–water partition coefficient (Wildman–Crippen LogP) is -0.955. The Morgan fingerprint density at radius 2 is 2.00 bits per heavy atom. The topological polar surface area (TPSA) is 53.0 Å². The average Bonchev–Trinajstić information content (AvgIpc) is 2.58. The lowest BCUT2D eigenvalue weighted by Crippen LogP contribution is -2.32. The maximum absolute atomic E-state index is 9.06. The Morgan fingerprint density at radius 3 is 2.67 bits per heavy atom. The van der Waals surface area contributed by atoms with Crippen LogP contribution in [0.1, 0.15) is 0 Å². The molecule has 0 radical (unpaired) electrons. The first-order valence-corrected chi connectivity index (χ1v) is 2.99. The maximum Gasteiger partial charge on any atom is 0.117 e. The summed E-state index contributed by atoms with van der Waals surface area (Å²) in [6.07, 6.45) is 1.85. The molecule has 3 heteroatoms. The Kier molecular flexibility index (Phi) is 0.939. The zero-order valence-electron chi connectivity index (χ0n) is 4.77. The van der Waals surface area contributed by atoms with E-state index in [-0.39, 0.29) is 12.2 Å². The fourth-order valence-electron chi connectivity index (χ4n) is 1.10. The van der Waals surface area contributed by atoms with Crippen molar-refractivity contribution in [2.24, 2.45) is 0 Å². The summed E-state index contributed by atoms with van der Waals surface area (Å²) in [5.74, 6) is 0. The number of fused-ring (bicyclic) bond motifs is 1. The second-order valence-electron chi connectivity index (χ2n) is 2.43. The van der Waals surface area contributed by atoms with E-state index in [1.54, 1.807) is 12.2 Å². The van der Waals surface area contributed by atoms with Gasteiger partial charge in [-0.15, -0.1) is 0 Å². The molecule has 4 atom stereocenters. The first-order chi connectivity index (χ1) is 4.29. The molecular formula is C6H8O3. The Bertz CT molecular complexity index is 154. The van der Waals surface area contributed by atoms with E-state index in [2.05, 4.69) is 0 Å². The van der Waals surface area contributed by atoms with Gasteiger partial charge in [-0.05, 0) is 0 Å². The number of aliphatic hydroxyl groups is 2. The normalized spacial score (nSPS) is 54.9. The van der Waals surface area contributed by atoms with Crippen molar-refractivity contribution in [3.05, 3.63) is 12.2 Å². The van der Waals surface area contributed by atoms with Crippen LogP contribution in [0.2, 0.25) is 0 Å². The molecule has 2 rings (SSSR count). The lowest BCUT2D eigenvalue weighted by Gasteiger charge is -2.13. The van der Waals surface area contributed by atoms with Crippen LogP contribution in [0.3, 0.4) is 0 Å². The molecule has 0 aromatic carbocycles. The van der Waals surface area contributed by atoms with Crippen LogP contribution in [-0.2, 0) is 4.74 Å². The van der Waals surface area contributed by atoms with E-state index in [0.29, 0.717) is 0 Å². The van der Waals surface area contributed by atoms with Gasteiger partial charge in [-0.1, -0.05) is 12.2 Å². The monoisotopic (exact) mass is 128 g/mol. The highest BCUT2D eigenvalue weighted by Gasteiger charge is 2.47. The molecule has 2 aliphatic rings. The van der Waals surface area contributed by atoms with Crippen molar-refractivity contribution in [3.8, 4) is 0 Å². The molecule has 2 N–H and O–H groups in total. The van der Waals surface area contributed by atoms with Crippen molar-refractivity contribution >= 4 is 0 Å². The maximum atomic E-state index is 9.06. The van der Waals surface area contributed by atoms with Gasteiger partial charge in [0.1, 0.15) is 24.4 Å². The van der Waals surface area contributed by atoms with Gasteiger partial charge in [0.25, 0.3) is 0 Å². The zero-order chi connectivity index (χ0) is 6.43. The summed E-state index contributed by atoms with van der Waals surface area (Å²) >= 11 is 0. The van der Waals surface area contributed by atoms with Crippen LogP contribution in [0.15, 0.2) is 12.2 Å². The van der Waals surface area contributed by atoms with Crippen LogP contribution in [0.5, 0.6) is 0 Å². The quantitative estimate of drug-likeness (QED) is 0.326. The van der Waals surface area contributed by atoms with E-state index in [1.165, 1.54) is 0 Å². The van der Waals surface area contributed by atoms with Crippen molar-refractivity contribution in [1.29, 1.82) is 0 Å². The van der Waals surface area contributed by atoms with E-state index in [4.69, 9.17) is 14.9 Å². The van der Waals surface area contributed by atoms with Gasteiger partial charge in [0.05, 0.1) is 0 Å². The van der Waals surface area contributed by atoms with E-state index in [0.717, 1.165) is 0 Å². The molecule has 0 spiro atoms. The summed E-state index contributed by atoms with van der Waals surface area (Å²) < 4.78 is 4.96. The first-order valence-electron chi connectivity index (χ1n) is 2.99. The largest absolute Gasteiger partial charge is 0.387 e. The molecular weight excluding hydrogens is 120 g/mol. The Labute approximate surface area is 52.6 Å². The standard InChI is InChI=1S/C6H8O3/c7-3-1-2-4-6(9-4)5(3)8/h1-8H/t3-,4?,5-,6?/m1/s1. The molecule has 1 fully saturated rings. The lowest BCUT2D eigenvalue weighted by atomic mass is 10.0. The van der Waals surface area contributed by atoms with Crippen molar-refractivity contribution in [2.45, 2.75) is 24.4 Å². The number of aliphatic hydroxyl groups excluding tert-OH is 2. The Hall–Kier alpha value is -0.380. The van der Waals surface area contributed by atoms with Gasteiger partial charge in [0.15, 0.2) is 0 Å². The van der Waals surface area contributed by atoms with Gasteiger partial charge in [0.2, 0.25) is 0 Å². The van der Waals surface area contributed by atoms with Crippen LogP contribution in [0.25, 0.3) is 0 Å². The molecule has 0 amide bonds. The van der Waals surface area contributed by atoms with E-state index < -0.39 is 12.2 Å². The minimum atomic E-state index is -0.728. The molecule has 3 nitrogen and oxygen atoms in total. The number of hydrogen-bond acceptors (Lipinski definition) is 3. The van der Waals surface area contributed by atoms with Crippen LogP contribution in [-0.4, -0.2) is 34.6 Å². The summed E-state index contributed by atoms with van der Waals surface area (Å²) in [7, 11) is 0. The Balaban J connectivity index is 2.16. The highest BCUT2D eigenvalue weighted by molar-refractivity contribution is 5.15. The van der Waals surface area contributed by atoms with Crippen molar-refractivity contribution in [1.82, 2.24) is 0 Å². The van der Waals surface area contributed by atoms with Gasteiger partial charge < -0.3 is 14.9 Å². The van der Waals surface area contributed by atoms with Gasteiger partial charge in [-0.2, -0.15) is 0 Å². The van der Waals surface area contributed by atoms with Crippen molar-refractivity contribution in [3.63, 3.8) is 0 Å².